The lowest BCUT2D eigenvalue weighted by Crippen LogP contribution is -2.05. The minimum atomic E-state index is -0.638. The van der Waals surface area contributed by atoms with Gasteiger partial charge in [0.15, 0.2) is 11.4 Å². The van der Waals surface area contributed by atoms with Gasteiger partial charge in [-0.3, -0.25) is 4.79 Å². The van der Waals surface area contributed by atoms with Crippen molar-refractivity contribution in [1.29, 1.82) is 0 Å². The van der Waals surface area contributed by atoms with Gasteiger partial charge in [0.25, 0.3) is 0 Å². The molecule has 0 fully saturated rings. The summed E-state index contributed by atoms with van der Waals surface area (Å²) in [6, 6.07) is 8.95. The van der Waals surface area contributed by atoms with E-state index in [2.05, 4.69) is 36.9 Å². The van der Waals surface area contributed by atoms with Crippen molar-refractivity contribution in [2.75, 3.05) is 0 Å². The second-order valence-corrected chi connectivity index (χ2v) is 6.96. The lowest BCUT2D eigenvalue weighted by atomic mass is 10.2. The largest absolute Gasteiger partial charge is 0.424 e. The summed E-state index contributed by atoms with van der Waals surface area (Å²) in [5.41, 5.74) is 1.06. The van der Waals surface area contributed by atoms with E-state index in [1.54, 1.807) is 18.2 Å². The molecule has 8 heteroatoms. The lowest BCUT2D eigenvalue weighted by molar-refractivity contribution is -0.132. The molecule has 0 unspecified atom stereocenters. The van der Waals surface area contributed by atoms with E-state index in [1.807, 2.05) is 0 Å². The third-order valence-corrected chi connectivity index (χ3v) is 4.44. The van der Waals surface area contributed by atoms with Crippen LogP contribution in [0.15, 0.2) is 56.0 Å². The first-order valence-corrected chi connectivity index (χ1v) is 8.88. The standard InChI is InChI=1S/C18H10Br2FNO4/c1-9(23)25-16-13(19)5-10(6-14(16)20)7-15-18(24)26-17(22-15)11-3-2-4-12(21)8-11/h2-8H,1H3/b15-7-. The van der Waals surface area contributed by atoms with Crippen molar-refractivity contribution in [3.63, 3.8) is 0 Å². The summed E-state index contributed by atoms with van der Waals surface area (Å²) in [4.78, 5) is 27.3. The number of ether oxygens (including phenoxy) is 2. The number of carbonyl (C=O) groups is 2. The number of nitrogens with zero attached hydrogens (tertiary/aromatic N) is 1. The third kappa shape index (κ3) is 4.08. The first-order valence-electron chi connectivity index (χ1n) is 7.29. The van der Waals surface area contributed by atoms with Crippen LogP contribution in [0.1, 0.15) is 18.1 Å². The highest BCUT2D eigenvalue weighted by Crippen LogP contribution is 2.36. The van der Waals surface area contributed by atoms with Crippen molar-refractivity contribution in [3.8, 4) is 5.75 Å². The van der Waals surface area contributed by atoms with Gasteiger partial charge in [-0.05, 0) is 73.8 Å². The minimum Gasteiger partial charge on any atom is -0.424 e. The third-order valence-electron chi connectivity index (χ3n) is 3.26. The van der Waals surface area contributed by atoms with Gasteiger partial charge in [0.05, 0.1) is 8.95 Å². The highest BCUT2D eigenvalue weighted by Gasteiger charge is 2.24. The maximum absolute atomic E-state index is 13.3. The van der Waals surface area contributed by atoms with Gasteiger partial charge >= 0.3 is 11.9 Å². The molecule has 0 atom stereocenters. The monoisotopic (exact) mass is 481 g/mol. The number of benzene rings is 2. The second kappa shape index (κ2) is 7.51. The molecule has 0 radical (unpaired) electrons. The minimum absolute atomic E-state index is 0.0374. The first kappa shape index (κ1) is 18.5. The predicted octanol–water partition coefficient (Wildman–Crippen LogP) is 4.62. The molecule has 0 saturated heterocycles. The molecule has 2 aromatic carbocycles. The Morgan fingerprint density at radius 1 is 1.23 bits per heavy atom. The van der Waals surface area contributed by atoms with Gasteiger partial charge in [-0.1, -0.05) is 6.07 Å². The van der Waals surface area contributed by atoms with Crippen LogP contribution >= 0.6 is 31.9 Å². The van der Waals surface area contributed by atoms with Gasteiger partial charge in [-0.25, -0.2) is 14.2 Å². The van der Waals surface area contributed by atoms with Crippen LogP contribution < -0.4 is 4.74 Å². The quantitative estimate of drug-likeness (QED) is 0.363. The Kier molecular flexibility index (Phi) is 5.33. The normalized spacial score (nSPS) is 15.0. The Morgan fingerprint density at radius 2 is 1.92 bits per heavy atom. The van der Waals surface area contributed by atoms with E-state index in [9.17, 15) is 14.0 Å². The van der Waals surface area contributed by atoms with E-state index in [1.165, 1.54) is 31.2 Å². The van der Waals surface area contributed by atoms with Crippen molar-refractivity contribution in [1.82, 2.24) is 0 Å². The Hall–Kier alpha value is -2.32. The average Bonchev–Trinajstić information content (AvgIpc) is 2.92. The summed E-state index contributed by atoms with van der Waals surface area (Å²) in [5, 5.41) is 0. The van der Waals surface area contributed by atoms with E-state index in [0.29, 0.717) is 25.8 Å². The van der Waals surface area contributed by atoms with Crippen molar-refractivity contribution in [2.45, 2.75) is 6.92 Å². The molecule has 1 aliphatic rings. The number of aliphatic imine (C=N–C) groups is 1. The molecule has 132 valence electrons. The fourth-order valence-corrected chi connectivity index (χ4v) is 3.60. The molecule has 0 spiro atoms. The molecule has 0 saturated carbocycles. The van der Waals surface area contributed by atoms with E-state index in [0.717, 1.165) is 0 Å². The van der Waals surface area contributed by atoms with E-state index < -0.39 is 17.8 Å². The van der Waals surface area contributed by atoms with E-state index in [4.69, 9.17) is 9.47 Å². The highest BCUT2D eigenvalue weighted by atomic mass is 79.9. The summed E-state index contributed by atoms with van der Waals surface area (Å²) in [6.45, 7) is 1.30. The Bertz CT molecular complexity index is 962. The molecule has 2 aromatic rings. The van der Waals surface area contributed by atoms with Crippen LogP contribution in [0.25, 0.3) is 6.08 Å². The van der Waals surface area contributed by atoms with Gasteiger partial charge in [-0.2, -0.15) is 0 Å². The summed E-state index contributed by atoms with van der Waals surface area (Å²) < 4.78 is 24.6. The van der Waals surface area contributed by atoms with Gasteiger partial charge in [0.2, 0.25) is 5.90 Å². The zero-order chi connectivity index (χ0) is 18.8. The van der Waals surface area contributed by atoms with Gasteiger partial charge < -0.3 is 9.47 Å². The van der Waals surface area contributed by atoms with Crippen LogP contribution in [0.2, 0.25) is 0 Å². The summed E-state index contributed by atoms with van der Waals surface area (Å²) >= 11 is 6.63. The van der Waals surface area contributed by atoms with Gasteiger partial charge in [-0.15, -0.1) is 0 Å². The molecule has 1 heterocycles. The van der Waals surface area contributed by atoms with Crippen molar-refractivity contribution in [3.05, 3.63) is 68.0 Å². The lowest BCUT2D eigenvalue weighted by Gasteiger charge is -2.08. The maximum atomic E-state index is 13.3. The van der Waals surface area contributed by atoms with Crippen LogP contribution in [0.4, 0.5) is 4.39 Å². The topological polar surface area (TPSA) is 65.0 Å². The molecule has 1 aliphatic heterocycles. The van der Waals surface area contributed by atoms with Crippen LogP contribution in [0.3, 0.4) is 0 Å². The number of rotatable bonds is 3. The van der Waals surface area contributed by atoms with E-state index in [-0.39, 0.29) is 11.6 Å². The fraction of sp³-hybridized carbons (Fsp3) is 0.0556. The molecule has 0 aliphatic carbocycles. The number of halogens is 3. The molecule has 5 nitrogen and oxygen atoms in total. The first-order chi connectivity index (χ1) is 12.3. The molecule has 0 N–H and O–H groups in total. The van der Waals surface area contributed by atoms with Crippen molar-refractivity contribution < 1.29 is 23.5 Å². The van der Waals surface area contributed by atoms with Gasteiger partial charge in [0, 0.05) is 12.5 Å². The van der Waals surface area contributed by atoms with Gasteiger partial charge in [0.1, 0.15) is 5.82 Å². The van der Waals surface area contributed by atoms with Crippen LogP contribution in [-0.2, 0) is 14.3 Å². The summed E-state index contributed by atoms with van der Waals surface area (Å²) in [5.74, 6) is -1.18. The summed E-state index contributed by atoms with van der Waals surface area (Å²) in [7, 11) is 0. The molecule has 0 amide bonds. The molecule has 0 bridgehead atoms. The number of hydrogen-bond acceptors (Lipinski definition) is 5. The number of carbonyl (C=O) groups excluding carboxylic acids is 2. The van der Waals surface area contributed by atoms with Crippen LogP contribution in [0, 0.1) is 5.82 Å². The zero-order valence-electron chi connectivity index (χ0n) is 13.3. The van der Waals surface area contributed by atoms with Crippen molar-refractivity contribution >= 4 is 55.8 Å². The Labute approximate surface area is 164 Å². The molecule has 0 aromatic heterocycles. The van der Waals surface area contributed by atoms with Crippen LogP contribution in [0.5, 0.6) is 5.75 Å². The predicted molar refractivity (Wildman–Crippen MR) is 100 cm³/mol. The molecular formula is C18H10Br2FNO4. The number of cyclic esters (lactones) is 1. The number of esters is 2. The Balaban J connectivity index is 1.94. The van der Waals surface area contributed by atoms with Crippen molar-refractivity contribution in [2.24, 2.45) is 4.99 Å². The second-order valence-electron chi connectivity index (χ2n) is 5.25. The SMILES string of the molecule is CC(=O)Oc1c(Br)cc(/C=C2\N=C(c3cccc(F)c3)OC2=O)cc1Br. The van der Waals surface area contributed by atoms with E-state index >= 15 is 0 Å². The highest BCUT2D eigenvalue weighted by molar-refractivity contribution is 9.11. The molecule has 26 heavy (non-hydrogen) atoms. The average molecular weight is 483 g/mol. The molecular weight excluding hydrogens is 473 g/mol. The summed E-state index contributed by atoms with van der Waals surface area (Å²) in [6.07, 6.45) is 1.52. The zero-order valence-corrected chi connectivity index (χ0v) is 16.4. The maximum Gasteiger partial charge on any atom is 0.363 e. The Morgan fingerprint density at radius 3 is 2.54 bits per heavy atom. The number of hydrogen-bond donors (Lipinski definition) is 0. The fourth-order valence-electron chi connectivity index (χ4n) is 2.22. The van der Waals surface area contributed by atoms with Crippen LogP contribution in [-0.4, -0.2) is 17.8 Å². The molecule has 3 rings (SSSR count). The smallest absolute Gasteiger partial charge is 0.363 e.